The lowest BCUT2D eigenvalue weighted by Gasteiger charge is -2.06. The number of thioether (sulfide) groups is 1. The number of halogens is 2. The van der Waals surface area contributed by atoms with Gasteiger partial charge < -0.3 is 4.98 Å². The van der Waals surface area contributed by atoms with Crippen LogP contribution >= 0.6 is 27.7 Å². The lowest BCUT2D eigenvalue weighted by atomic mass is 10.4. The predicted molar refractivity (Wildman–Crippen MR) is 81.2 cm³/mol. The van der Waals surface area contributed by atoms with Crippen molar-refractivity contribution in [2.75, 3.05) is 5.75 Å². The summed E-state index contributed by atoms with van der Waals surface area (Å²) >= 11 is 4.45. The Morgan fingerprint density at radius 1 is 1.24 bits per heavy atom. The molecular weight excluding hydrogens is 361 g/mol. The molecule has 0 unspecified atom stereocenters. The van der Waals surface area contributed by atoms with E-state index >= 15 is 0 Å². The van der Waals surface area contributed by atoms with Gasteiger partial charge >= 0.3 is 0 Å². The van der Waals surface area contributed by atoms with Crippen molar-refractivity contribution >= 4 is 39.5 Å². The van der Waals surface area contributed by atoms with Crippen LogP contribution in [0.4, 0.5) is 4.39 Å². The second-order valence-corrected chi connectivity index (χ2v) is 5.94. The smallest absolute Gasteiger partial charge is 0.286 e. The highest BCUT2D eigenvalue weighted by atomic mass is 79.9. The summed E-state index contributed by atoms with van der Waals surface area (Å²) in [6, 6.07) is 7.41. The Hall–Kier alpha value is -1.80. The number of hydrogen-bond acceptors (Lipinski definition) is 3. The fourth-order valence-electron chi connectivity index (χ4n) is 1.41. The minimum Gasteiger partial charge on any atom is -0.356 e. The number of H-pyrrole nitrogens is 1. The summed E-state index contributed by atoms with van der Waals surface area (Å²) in [4.78, 5) is 26.7. The minimum atomic E-state index is -0.444. The van der Waals surface area contributed by atoms with Gasteiger partial charge in [0.05, 0.1) is 5.75 Å². The summed E-state index contributed by atoms with van der Waals surface area (Å²) in [5.41, 5.74) is 4.92. The average Bonchev–Trinajstić information content (AvgIpc) is 2.91. The summed E-state index contributed by atoms with van der Waals surface area (Å²) in [6.07, 6.45) is 1.61. The first-order chi connectivity index (χ1) is 10.0. The normalized spacial score (nSPS) is 10.2. The molecule has 0 fully saturated rings. The van der Waals surface area contributed by atoms with E-state index in [1.165, 1.54) is 23.9 Å². The van der Waals surface area contributed by atoms with Crippen LogP contribution in [0.25, 0.3) is 0 Å². The van der Waals surface area contributed by atoms with E-state index < -0.39 is 5.91 Å². The van der Waals surface area contributed by atoms with Crippen molar-refractivity contribution in [3.8, 4) is 0 Å². The lowest BCUT2D eigenvalue weighted by molar-refractivity contribution is -0.119. The van der Waals surface area contributed by atoms with Crippen molar-refractivity contribution in [1.82, 2.24) is 15.8 Å². The topological polar surface area (TPSA) is 74.0 Å². The molecule has 0 saturated carbocycles. The number of hydrazine groups is 1. The SMILES string of the molecule is O=C(CSc1ccc(F)cc1)NNC(=O)c1cc(Br)c[nH]1. The fourth-order valence-corrected chi connectivity index (χ4v) is 2.45. The van der Waals surface area contributed by atoms with Crippen LogP contribution < -0.4 is 10.9 Å². The molecule has 5 nitrogen and oxygen atoms in total. The molecule has 2 rings (SSSR count). The molecule has 2 amide bonds. The zero-order chi connectivity index (χ0) is 15.2. The van der Waals surface area contributed by atoms with Crippen LogP contribution in [-0.2, 0) is 4.79 Å². The maximum absolute atomic E-state index is 12.7. The lowest BCUT2D eigenvalue weighted by Crippen LogP contribution is -2.42. The summed E-state index contributed by atoms with van der Waals surface area (Å²) in [5, 5.41) is 0. The molecule has 1 aromatic heterocycles. The number of amides is 2. The Morgan fingerprint density at radius 3 is 2.57 bits per heavy atom. The number of rotatable bonds is 4. The zero-order valence-corrected chi connectivity index (χ0v) is 13.1. The third-order valence-electron chi connectivity index (χ3n) is 2.39. The molecular formula is C13H11BrFN3O2S. The van der Waals surface area contributed by atoms with E-state index in [4.69, 9.17) is 0 Å². The molecule has 0 aliphatic carbocycles. The first-order valence-corrected chi connectivity index (χ1v) is 7.64. The van der Waals surface area contributed by atoms with Crippen molar-refractivity contribution in [3.63, 3.8) is 0 Å². The van der Waals surface area contributed by atoms with E-state index in [9.17, 15) is 14.0 Å². The van der Waals surface area contributed by atoms with Crippen LogP contribution in [0.5, 0.6) is 0 Å². The molecule has 3 N–H and O–H groups in total. The molecule has 110 valence electrons. The molecule has 0 bridgehead atoms. The number of carbonyl (C=O) groups excluding carboxylic acids is 2. The molecule has 0 aliphatic heterocycles. The van der Waals surface area contributed by atoms with Gasteiger partial charge in [-0.3, -0.25) is 20.4 Å². The van der Waals surface area contributed by atoms with Crippen LogP contribution in [0, 0.1) is 5.82 Å². The molecule has 1 heterocycles. The van der Waals surface area contributed by atoms with E-state index in [0.717, 1.165) is 9.37 Å². The molecule has 0 aliphatic rings. The van der Waals surface area contributed by atoms with Gasteiger partial charge in [0.1, 0.15) is 11.5 Å². The molecule has 0 saturated heterocycles. The van der Waals surface area contributed by atoms with Gasteiger partial charge in [-0.2, -0.15) is 0 Å². The Bertz CT molecular complexity index is 645. The maximum Gasteiger partial charge on any atom is 0.286 e. The number of carbonyl (C=O) groups is 2. The fraction of sp³-hybridized carbons (Fsp3) is 0.0769. The Balaban J connectivity index is 1.74. The minimum absolute atomic E-state index is 0.111. The average molecular weight is 372 g/mol. The highest BCUT2D eigenvalue weighted by Crippen LogP contribution is 2.17. The van der Waals surface area contributed by atoms with Crippen LogP contribution in [0.3, 0.4) is 0 Å². The van der Waals surface area contributed by atoms with E-state index in [-0.39, 0.29) is 17.5 Å². The van der Waals surface area contributed by atoms with Gasteiger partial charge in [-0.25, -0.2) is 4.39 Å². The van der Waals surface area contributed by atoms with Gasteiger partial charge in [0.15, 0.2) is 0 Å². The van der Waals surface area contributed by atoms with Gasteiger partial charge in [0.25, 0.3) is 5.91 Å². The van der Waals surface area contributed by atoms with Gasteiger partial charge in [-0.05, 0) is 46.3 Å². The number of hydrogen-bond donors (Lipinski definition) is 3. The third kappa shape index (κ3) is 4.91. The summed E-state index contributed by atoms with van der Waals surface area (Å²) < 4.78 is 13.5. The van der Waals surface area contributed by atoms with Crippen molar-refractivity contribution in [2.24, 2.45) is 0 Å². The van der Waals surface area contributed by atoms with E-state index in [2.05, 4.69) is 31.8 Å². The van der Waals surface area contributed by atoms with E-state index in [1.807, 2.05) is 0 Å². The molecule has 0 atom stereocenters. The van der Waals surface area contributed by atoms with Crippen LogP contribution in [-0.4, -0.2) is 22.6 Å². The first kappa shape index (κ1) is 15.6. The van der Waals surface area contributed by atoms with E-state index in [0.29, 0.717) is 5.69 Å². The molecule has 21 heavy (non-hydrogen) atoms. The molecule has 1 aromatic carbocycles. The number of aromatic amines is 1. The molecule has 2 aromatic rings. The first-order valence-electron chi connectivity index (χ1n) is 5.86. The van der Waals surface area contributed by atoms with Gasteiger partial charge in [0, 0.05) is 15.6 Å². The molecule has 8 heteroatoms. The summed E-state index contributed by atoms with van der Waals surface area (Å²) in [5.74, 6) is -1.02. The van der Waals surface area contributed by atoms with Crippen molar-refractivity contribution in [2.45, 2.75) is 4.90 Å². The second-order valence-electron chi connectivity index (χ2n) is 3.98. The third-order valence-corrected chi connectivity index (χ3v) is 3.86. The standard InChI is InChI=1S/C13H11BrFN3O2S/c14-8-5-11(16-6-8)13(20)18-17-12(19)7-21-10-3-1-9(15)2-4-10/h1-6,16H,7H2,(H,17,19)(H,18,20). The predicted octanol–water partition coefficient (Wildman–Crippen LogP) is 2.47. The van der Waals surface area contributed by atoms with Crippen molar-refractivity contribution in [1.29, 1.82) is 0 Å². The Morgan fingerprint density at radius 2 is 1.95 bits per heavy atom. The number of benzene rings is 1. The largest absolute Gasteiger partial charge is 0.356 e. The van der Waals surface area contributed by atoms with Crippen molar-refractivity contribution < 1.29 is 14.0 Å². The highest BCUT2D eigenvalue weighted by Gasteiger charge is 2.09. The Labute approximate surface area is 132 Å². The van der Waals surface area contributed by atoms with E-state index in [1.54, 1.807) is 24.4 Å². The van der Waals surface area contributed by atoms with Gasteiger partial charge in [-0.1, -0.05) is 0 Å². The van der Waals surface area contributed by atoms with Gasteiger partial charge in [0.2, 0.25) is 5.91 Å². The van der Waals surface area contributed by atoms with Crippen LogP contribution in [0.2, 0.25) is 0 Å². The molecule has 0 radical (unpaired) electrons. The number of nitrogens with one attached hydrogen (secondary N) is 3. The highest BCUT2D eigenvalue weighted by molar-refractivity contribution is 9.10. The van der Waals surface area contributed by atoms with Gasteiger partial charge in [-0.15, -0.1) is 11.8 Å². The second kappa shape index (κ2) is 7.28. The summed E-state index contributed by atoms with van der Waals surface area (Å²) in [6.45, 7) is 0. The quantitative estimate of drug-likeness (QED) is 0.570. The molecule has 0 spiro atoms. The van der Waals surface area contributed by atoms with Crippen LogP contribution in [0.15, 0.2) is 45.9 Å². The monoisotopic (exact) mass is 371 g/mol. The Kier molecular flexibility index (Phi) is 5.40. The zero-order valence-electron chi connectivity index (χ0n) is 10.7. The van der Waals surface area contributed by atoms with Crippen molar-refractivity contribution in [3.05, 3.63) is 52.5 Å². The number of aromatic nitrogens is 1. The summed E-state index contributed by atoms with van der Waals surface area (Å²) in [7, 11) is 0. The maximum atomic E-state index is 12.7. The van der Waals surface area contributed by atoms with Crippen LogP contribution in [0.1, 0.15) is 10.5 Å².